The van der Waals surface area contributed by atoms with Crippen LogP contribution >= 0.6 is 0 Å². The molecule has 0 saturated carbocycles. The summed E-state index contributed by atoms with van der Waals surface area (Å²) in [6, 6.07) is 26.7. The highest BCUT2D eigenvalue weighted by Gasteiger charge is 2.57. The zero-order chi connectivity index (χ0) is 27.6. The summed E-state index contributed by atoms with van der Waals surface area (Å²) in [5.41, 5.74) is 6.19. The van der Waals surface area contributed by atoms with Gasteiger partial charge in [0.15, 0.2) is 0 Å². The summed E-state index contributed by atoms with van der Waals surface area (Å²) in [4.78, 5) is 28.6. The number of para-hydroxylation sites is 1. The maximum atomic E-state index is 13.7. The molecule has 1 N–H and O–H groups in total. The van der Waals surface area contributed by atoms with Gasteiger partial charge in [-0.15, -0.1) is 0 Å². The predicted molar refractivity (Wildman–Crippen MR) is 154 cm³/mol. The molecule has 2 heterocycles. The van der Waals surface area contributed by atoms with E-state index in [2.05, 4.69) is 18.2 Å². The number of phenolic OH excluding ortho intramolecular Hbond substituents is 1. The van der Waals surface area contributed by atoms with Crippen molar-refractivity contribution in [2.45, 2.75) is 25.4 Å². The minimum atomic E-state index is -0.408. The molecule has 2 fully saturated rings. The predicted octanol–water partition coefficient (Wildman–Crippen LogP) is 5.88. The van der Waals surface area contributed by atoms with Gasteiger partial charge in [-0.1, -0.05) is 66.7 Å². The summed E-state index contributed by atoms with van der Waals surface area (Å²) in [7, 11) is 1.67. The van der Waals surface area contributed by atoms with Gasteiger partial charge in [-0.25, -0.2) is 0 Å². The molecular weight excluding hydrogens is 502 g/mol. The fraction of sp³-hybridized carbons (Fsp3) is 0.294. The van der Waals surface area contributed by atoms with E-state index in [1.807, 2.05) is 60.7 Å². The van der Waals surface area contributed by atoms with Crippen LogP contribution in [0.1, 0.15) is 30.4 Å². The van der Waals surface area contributed by atoms with Crippen molar-refractivity contribution in [2.24, 2.45) is 17.8 Å². The van der Waals surface area contributed by atoms with Crippen LogP contribution in [0, 0.1) is 17.8 Å². The van der Waals surface area contributed by atoms with Crippen LogP contribution in [0.15, 0.2) is 96.1 Å². The first-order valence-corrected chi connectivity index (χ1v) is 13.9. The van der Waals surface area contributed by atoms with Crippen LogP contribution in [-0.2, 0) is 19.1 Å². The van der Waals surface area contributed by atoms with Crippen molar-refractivity contribution in [1.82, 2.24) is 0 Å². The Morgan fingerprint density at radius 1 is 0.950 bits per heavy atom. The zero-order valence-electron chi connectivity index (χ0n) is 22.5. The summed E-state index contributed by atoms with van der Waals surface area (Å²) in [5, 5.41) is 9.71. The normalized spacial score (nSPS) is 24.4. The van der Waals surface area contributed by atoms with Crippen molar-refractivity contribution >= 4 is 29.2 Å². The smallest absolute Gasteiger partial charge is 0.238 e. The molecule has 6 heteroatoms. The molecule has 0 unspecified atom stereocenters. The number of aromatic hydroxyl groups is 1. The standard InChI is InChI=1S/C34H33NO5/c1-39-20-25-19-28-32(34(38)35(33(28)37)26-10-6-3-7-11-26)29-21-40-30(31(25)29)17-14-24(23-8-4-2-5-9-23)18-22-12-15-27(36)16-13-22/h2-13,15-16,18,28-30,32,36H,14,17,19-21H2,1H3/b24-18-/t28-,29+,30-,32-/m1/s1. The molecule has 1 aliphatic carbocycles. The molecule has 204 valence electrons. The van der Waals surface area contributed by atoms with E-state index in [0.717, 1.165) is 35.1 Å². The van der Waals surface area contributed by atoms with Gasteiger partial charge in [0.05, 0.1) is 36.8 Å². The first-order valence-electron chi connectivity index (χ1n) is 13.9. The number of amides is 2. The van der Waals surface area contributed by atoms with Gasteiger partial charge in [0.1, 0.15) is 5.75 Å². The van der Waals surface area contributed by atoms with E-state index in [4.69, 9.17) is 9.47 Å². The van der Waals surface area contributed by atoms with Gasteiger partial charge in [-0.3, -0.25) is 14.5 Å². The Morgan fingerprint density at radius 2 is 1.65 bits per heavy atom. The van der Waals surface area contributed by atoms with Crippen molar-refractivity contribution in [1.29, 1.82) is 0 Å². The van der Waals surface area contributed by atoms with Crippen molar-refractivity contribution in [2.75, 3.05) is 25.2 Å². The number of benzene rings is 3. The number of anilines is 1. The molecule has 40 heavy (non-hydrogen) atoms. The number of hydrogen-bond donors (Lipinski definition) is 1. The number of phenols is 1. The number of hydrogen-bond acceptors (Lipinski definition) is 5. The average molecular weight is 536 g/mol. The van der Waals surface area contributed by atoms with E-state index in [-0.39, 0.29) is 35.5 Å². The van der Waals surface area contributed by atoms with Gasteiger partial charge in [0, 0.05) is 13.0 Å². The number of nitrogens with zero attached hydrogens (tertiary/aromatic N) is 1. The van der Waals surface area contributed by atoms with Gasteiger partial charge >= 0.3 is 0 Å². The number of rotatable bonds is 8. The van der Waals surface area contributed by atoms with E-state index >= 15 is 0 Å². The van der Waals surface area contributed by atoms with Crippen molar-refractivity contribution in [3.05, 3.63) is 107 Å². The Balaban J connectivity index is 1.28. The van der Waals surface area contributed by atoms with E-state index in [1.165, 1.54) is 10.5 Å². The Labute approximate surface area is 234 Å². The van der Waals surface area contributed by atoms with E-state index < -0.39 is 5.92 Å². The molecule has 2 aliphatic heterocycles. The Morgan fingerprint density at radius 3 is 2.35 bits per heavy atom. The number of carbonyl (C=O) groups is 2. The lowest BCUT2D eigenvalue weighted by Crippen LogP contribution is -2.35. The van der Waals surface area contributed by atoms with Gasteiger partial charge in [0.2, 0.25) is 11.8 Å². The lowest BCUT2D eigenvalue weighted by Gasteiger charge is -2.31. The summed E-state index contributed by atoms with van der Waals surface area (Å²) >= 11 is 0. The number of carbonyl (C=O) groups excluding carboxylic acids is 2. The second-order valence-corrected chi connectivity index (χ2v) is 10.8. The van der Waals surface area contributed by atoms with Crippen molar-refractivity contribution < 1.29 is 24.2 Å². The number of ether oxygens (including phenoxy) is 2. The quantitative estimate of drug-likeness (QED) is 0.221. The maximum Gasteiger partial charge on any atom is 0.238 e. The number of fused-ring (bicyclic) bond motifs is 3. The molecule has 3 aliphatic rings. The number of imide groups is 1. The monoisotopic (exact) mass is 535 g/mol. The molecule has 0 spiro atoms. The molecule has 3 aromatic rings. The van der Waals surface area contributed by atoms with Crippen molar-refractivity contribution in [3.8, 4) is 5.75 Å². The Kier molecular flexibility index (Phi) is 7.37. The van der Waals surface area contributed by atoms with Crippen LogP contribution in [-0.4, -0.2) is 43.3 Å². The van der Waals surface area contributed by atoms with Crippen molar-refractivity contribution in [3.63, 3.8) is 0 Å². The fourth-order valence-corrected chi connectivity index (χ4v) is 6.62. The summed E-state index contributed by atoms with van der Waals surface area (Å²) in [5.74, 6) is -0.928. The molecule has 0 bridgehead atoms. The third-order valence-electron chi connectivity index (χ3n) is 8.40. The number of allylic oxidation sites excluding steroid dienone is 1. The largest absolute Gasteiger partial charge is 0.508 e. The van der Waals surface area contributed by atoms with Gasteiger partial charge in [0.25, 0.3) is 0 Å². The van der Waals surface area contributed by atoms with E-state index in [9.17, 15) is 14.7 Å². The maximum absolute atomic E-state index is 13.7. The molecule has 0 aromatic heterocycles. The number of methoxy groups -OCH3 is 1. The first-order chi connectivity index (χ1) is 19.5. The Bertz CT molecular complexity index is 1440. The molecule has 2 amide bonds. The molecule has 6 nitrogen and oxygen atoms in total. The summed E-state index contributed by atoms with van der Waals surface area (Å²) in [6.07, 6.45) is 4.05. The van der Waals surface area contributed by atoms with Crippen LogP contribution < -0.4 is 4.90 Å². The molecule has 2 saturated heterocycles. The molecule has 4 atom stereocenters. The SMILES string of the molecule is COCC1=C2[C@@H](CC/C(=C/c3ccc(O)cc3)c3ccccc3)OC[C@@H]2[C@@H]2C(=O)N(c3ccccc3)C(=O)[C@@H]2C1. The van der Waals surface area contributed by atoms with Crippen LogP contribution in [0.4, 0.5) is 5.69 Å². The van der Waals surface area contributed by atoms with Gasteiger partial charge in [-0.2, -0.15) is 0 Å². The molecule has 0 radical (unpaired) electrons. The van der Waals surface area contributed by atoms with E-state index in [0.29, 0.717) is 25.3 Å². The Hall–Kier alpha value is -4.00. The molecular formula is C34H33NO5. The van der Waals surface area contributed by atoms with E-state index in [1.54, 1.807) is 19.2 Å². The van der Waals surface area contributed by atoms with Crippen LogP contribution in [0.3, 0.4) is 0 Å². The lowest BCUT2D eigenvalue weighted by molar-refractivity contribution is -0.122. The van der Waals surface area contributed by atoms with Crippen LogP contribution in [0.25, 0.3) is 11.6 Å². The van der Waals surface area contributed by atoms with Crippen LogP contribution in [0.2, 0.25) is 0 Å². The second kappa shape index (κ2) is 11.2. The topological polar surface area (TPSA) is 76.1 Å². The fourth-order valence-electron chi connectivity index (χ4n) is 6.62. The summed E-state index contributed by atoms with van der Waals surface area (Å²) < 4.78 is 12.0. The first kappa shape index (κ1) is 26.2. The average Bonchev–Trinajstić information content (AvgIpc) is 3.51. The molecule has 6 rings (SSSR count). The third-order valence-corrected chi connectivity index (χ3v) is 8.40. The van der Waals surface area contributed by atoms with Gasteiger partial charge < -0.3 is 14.6 Å². The highest BCUT2D eigenvalue weighted by Crippen LogP contribution is 2.50. The highest BCUT2D eigenvalue weighted by atomic mass is 16.5. The summed E-state index contributed by atoms with van der Waals surface area (Å²) in [6.45, 7) is 0.856. The minimum Gasteiger partial charge on any atom is -0.508 e. The third kappa shape index (κ3) is 4.89. The van der Waals surface area contributed by atoms with Crippen LogP contribution in [0.5, 0.6) is 5.75 Å². The lowest BCUT2D eigenvalue weighted by atomic mass is 9.69. The van der Waals surface area contributed by atoms with Gasteiger partial charge in [-0.05, 0) is 71.4 Å². The molecule has 3 aromatic carbocycles. The minimum absolute atomic E-state index is 0.124. The highest BCUT2D eigenvalue weighted by molar-refractivity contribution is 6.22. The zero-order valence-corrected chi connectivity index (χ0v) is 22.5. The second-order valence-electron chi connectivity index (χ2n) is 10.8.